The van der Waals surface area contributed by atoms with Gasteiger partial charge in [0, 0.05) is 7.05 Å². The predicted octanol–water partition coefficient (Wildman–Crippen LogP) is 0.181. The van der Waals surface area contributed by atoms with Gasteiger partial charge in [-0.3, -0.25) is 0 Å². The number of benzene rings is 1. The number of H-pyrrole nitrogens is 1. The first-order valence-corrected chi connectivity index (χ1v) is 5.07. The standard InChI is InChI=1S/C11H13N3O3/c1-7-6-8(17-3)4-5-9(7)14-11(16)13(2)10(15)12-14/h4-6H,1-3H3,(H,12,15). The van der Waals surface area contributed by atoms with Crippen LogP contribution in [0.1, 0.15) is 5.56 Å². The fraction of sp³-hybridized carbons (Fsp3) is 0.273. The molecule has 0 fully saturated rings. The van der Waals surface area contributed by atoms with E-state index < -0.39 is 11.4 Å². The average molecular weight is 235 g/mol. The Bertz CT molecular complexity index is 663. The van der Waals surface area contributed by atoms with E-state index in [0.717, 1.165) is 10.1 Å². The summed E-state index contributed by atoms with van der Waals surface area (Å²) >= 11 is 0. The van der Waals surface area contributed by atoms with Gasteiger partial charge < -0.3 is 4.74 Å². The number of ether oxygens (including phenoxy) is 1. The van der Waals surface area contributed by atoms with Gasteiger partial charge in [-0.05, 0) is 30.7 Å². The molecule has 1 N–H and O–H groups in total. The molecule has 6 nitrogen and oxygen atoms in total. The molecule has 1 aromatic heterocycles. The minimum absolute atomic E-state index is 0.400. The molecule has 0 aliphatic carbocycles. The van der Waals surface area contributed by atoms with Gasteiger partial charge in [0.1, 0.15) is 5.75 Å². The second-order valence-electron chi connectivity index (χ2n) is 3.75. The second kappa shape index (κ2) is 3.97. The Morgan fingerprint density at radius 2 is 2.00 bits per heavy atom. The molecule has 0 radical (unpaired) electrons. The number of rotatable bonds is 2. The summed E-state index contributed by atoms with van der Waals surface area (Å²) in [4.78, 5) is 23.1. The van der Waals surface area contributed by atoms with Crippen LogP contribution in [0.3, 0.4) is 0 Å². The van der Waals surface area contributed by atoms with Crippen LogP contribution in [0.4, 0.5) is 0 Å². The first-order chi connectivity index (χ1) is 8.04. The summed E-state index contributed by atoms with van der Waals surface area (Å²) in [5.74, 6) is 0.706. The highest BCUT2D eigenvalue weighted by Crippen LogP contribution is 2.18. The lowest BCUT2D eigenvalue weighted by Gasteiger charge is -2.07. The lowest BCUT2D eigenvalue weighted by atomic mass is 10.2. The summed E-state index contributed by atoms with van der Waals surface area (Å²) in [6.45, 7) is 1.84. The molecule has 0 spiro atoms. The third-order valence-electron chi connectivity index (χ3n) is 2.64. The number of aromatic amines is 1. The molecule has 0 bridgehead atoms. The molecule has 2 rings (SSSR count). The lowest BCUT2D eigenvalue weighted by Crippen LogP contribution is -2.25. The zero-order chi connectivity index (χ0) is 12.6. The summed E-state index contributed by atoms with van der Waals surface area (Å²) in [5.41, 5.74) is 0.635. The Labute approximate surface area is 97.1 Å². The van der Waals surface area contributed by atoms with E-state index in [0.29, 0.717) is 11.4 Å². The zero-order valence-corrected chi connectivity index (χ0v) is 9.85. The molecule has 0 aliphatic rings. The second-order valence-corrected chi connectivity index (χ2v) is 3.75. The van der Waals surface area contributed by atoms with Gasteiger partial charge in [0.2, 0.25) is 0 Å². The van der Waals surface area contributed by atoms with Crippen molar-refractivity contribution in [2.45, 2.75) is 6.92 Å². The SMILES string of the molecule is COc1ccc(-n2[nH]c(=O)n(C)c2=O)c(C)c1. The molecular weight excluding hydrogens is 222 g/mol. The number of nitrogens with one attached hydrogen (secondary N) is 1. The Morgan fingerprint density at radius 3 is 2.47 bits per heavy atom. The Morgan fingerprint density at radius 1 is 1.29 bits per heavy atom. The largest absolute Gasteiger partial charge is 0.497 e. The predicted molar refractivity (Wildman–Crippen MR) is 62.9 cm³/mol. The van der Waals surface area contributed by atoms with Crippen molar-refractivity contribution >= 4 is 0 Å². The highest BCUT2D eigenvalue weighted by molar-refractivity contribution is 5.44. The van der Waals surface area contributed by atoms with Crippen molar-refractivity contribution in [3.8, 4) is 11.4 Å². The van der Waals surface area contributed by atoms with Gasteiger partial charge >= 0.3 is 11.4 Å². The van der Waals surface area contributed by atoms with Crippen LogP contribution in [0, 0.1) is 6.92 Å². The zero-order valence-electron chi connectivity index (χ0n) is 9.85. The van der Waals surface area contributed by atoms with Crippen molar-refractivity contribution in [2.75, 3.05) is 7.11 Å². The molecule has 90 valence electrons. The van der Waals surface area contributed by atoms with Crippen molar-refractivity contribution in [1.29, 1.82) is 0 Å². The Hall–Kier alpha value is -2.24. The third kappa shape index (κ3) is 1.77. The van der Waals surface area contributed by atoms with E-state index in [9.17, 15) is 9.59 Å². The Balaban J connectivity index is 2.65. The summed E-state index contributed by atoms with van der Waals surface area (Å²) in [6.07, 6.45) is 0. The van der Waals surface area contributed by atoms with E-state index in [-0.39, 0.29) is 0 Å². The minimum Gasteiger partial charge on any atom is -0.497 e. The number of nitrogens with zero attached hydrogens (tertiary/aromatic N) is 2. The summed E-state index contributed by atoms with van der Waals surface area (Å²) in [5, 5.41) is 2.48. The van der Waals surface area contributed by atoms with Gasteiger partial charge in [-0.1, -0.05) is 0 Å². The van der Waals surface area contributed by atoms with Crippen LogP contribution in [0.5, 0.6) is 5.75 Å². The first-order valence-electron chi connectivity index (χ1n) is 5.07. The molecule has 1 heterocycles. The molecule has 0 unspecified atom stereocenters. The van der Waals surface area contributed by atoms with E-state index >= 15 is 0 Å². The molecule has 0 aliphatic heterocycles. The van der Waals surface area contributed by atoms with Crippen LogP contribution in [0.25, 0.3) is 5.69 Å². The van der Waals surface area contributed by atoms with Crippen LogP contribution < -0.4 is 16.1 Å². The fourth-order valence-electron chi connectivity index (χ4n) is 1.62. The Kier molecular flexibility index (Phi) is 2.63. The maximum absolute atomic E-state index is 11.8. The van der Waals surface area contributed by atoms with Crippen molar-refractivity contribution < 1.29 is 4.74 Å². The fourth-order valence-corrected chi connectivity index (χ4v) is 1.62. The van der Waals surface area contributed by atoms with Crippen LogP contribution >= 0.6 is 0 Å². The van der Waals surface area contributed by atoms with Gasteiger partial charge in [-0.2, -0.15) is 0 Å². The van der Waals surface area contributed by atoms with Crippen molar-refractivity contribution in [3.63, 3.8) is 0 Å². The molecule has 17 heavy (non-hydrogen) atoms. The van der Waals surface area contributed by atoms with Crippen LogP contribution in [0.2, 0.25) is 0 Å². The van der Waals surface area contributed by atoms with Crippen LogP contribution in [0.15, 0.2) is 27.8 Å². The van der Waals surface area contributed by atoms with Crippen molar-refractivity contribution in [3.05, 3.63) is 44.7 Å². The average Bonchev–Trinajstić information content (AvgIpc) is 2.57. The number of aryl methyl sites for hydroxylation is 1. The maximum atomic E-state index is 11.8. The van der Waals surface area contributed by atoms with Crippen LogP contribution in [-0.4, -0.2) is 21.5 Å². The molecule has 0 atom stereocenters. The van der Waals surface area contributed by atoms with Crippen molar-refractivity contribution in [1.82, 2.24) is 14.3 Å². The summed E-state index contributed by atoms with van der Waals surface area (Å²) in [6, 6.07) is 5.26. The molecule has 6 heteroatoms. The summed E-state index contributed by atoms with van der Waals surface area (Å²) in [7, 11) is 3.00. The minimum atomic E-state index is -0.440. The number of hydrogen-bond acceptors (Lipinski definition) is 3. The van der Waals surface area contributed by atoms with Crippen LogP contribution in [-0.2, 0) is 7.05 Å². The third-order valence-corrected chi connectivity index (χ3v) is 2.64. The highest BCUT2D eigenvalue weighted by Gasteiger charge is 2.09. The van der Waals surface area contributed by atoms with E-state index in [1.54, 1.807) is 25.3 Å². The van der Waals surface area contributed by atoms with Gasteiger partial charge in [-0.25, -0.2) is 23.9 Å². The number of methoxy groups -OCH3 is 1. The highest BCUT2D eigenvalue weighted by atomic mass is 16.5. The lowest BCUT2D eigenvalue weighted by molar-refractivity contribution is 0.414. The molecular formula is C11H13N3O3. The molecule has 0 saturated carbocycles. The van der Waals surface area contributed by atoms with Crippen molar-refractivity contribution in [2.24, 2.45) is 7.05 Å². The van der Waals surface area contributed by atoms with Gasteiger partial charge in [0.25, 0.3) is 0 Å². The van der Waals surface area contributed by atoms with Gasteiger partial charge in [-0.15, -0.1) is 0 Å². The molecule has 1 aromatic carbocycles. The first kappa shape index (κ1) is 11.3. The van der Waals surface area contributed by atoms with Gasteiger partial charge in [0.15, 0.2) is 0 Å². The van der Waals surface area contributed by atoms with E-state index in [1.807, 2.05) is 6.92 Å². The topological polar surface area (TPSA) is 69.0 Å². The normalized spacial score (nSPS) is 10.5. The van der Waals surface area contributed by atoms with E-state index in [1.165, 1.54) is 11.7 Å². The molecule has 0 saturated heterocycles. The van der Waals surface area contributed by atoms with Gasteiger partial charge in [0.05, 0.1) is 12.8 Å². The molecule has 2 aromatic rings. The quantitative estimate of drug-likeness (QED) is 0.807. The monoisotopic (exact) mass is 235 g/mol. The van der Waals surface area contributed by atoms with E-state index in [4.69, 9.17) is 4.74 Å². The number of hydrogen-bond donors (Lipinski definition) is 1. The molecule has 0 amide bonds. The maximum Gasteiger partial charge on any atom is 0.351 e. The van der Waals surface area contributed by atoms with E-state index in [2.05, 4.69) is 5.10 Å². The smallest absolute Gasteiger partial charge is 0.351 e. The summed E-state index contributed by atoms with van der Waals surface area (Å²) < 4.78 is 7.32. The number of aromatic nitrogens is 3.